The Labute approximate surface area is 233 Å². The minimum Gasteiger partial charge on any atom is -0.376 e. The lowest BCUT2D eigenvalue weighted by Gasteiger charge is -2.14. The van der Waals surface area contributed by atoms with Crippen LogP contribution in [0.4, 0.5) is 4.79 Å². The number of carbonyl (C=O) groups excluding carboxylic acids is 2. The summed E-state index contributed by atoms with van der Waals surface area (Å²) in [5.41, 5.74) is 2.16. The first-order valence-electron chi connectivity index (χ1n) is 11.3. The number of nitrogens with zero attached hydrogens (tertiary/aromatic N) is 1. The summed E-state index contributed by atoms with van der Waals surface area (Å²) in [4.78, 5) is 27.2. The maximum absolute atomic E-state index is 13.1. The number of hydrogen-bond acceptors (Lipinski definition) is 6. The second-order valence-corrected chi connectivity index (χ2v) is 11.9. The van der Waals surface area contributed by atoms with Crippen LogP contribution in [-0.4, -0.2) is 24.5 Å². The van der Waals surface area contributed by atoms with E-state index in [0.717, 1.165) is 33.7 Å². The Hall–Kier alpha value is -3.30. The highest BCUT2D eigenvalue weighted by atomic mass is 35.5. The quantitative estimate of drug-likeness (QED) is 0.173. The van der Waals surface area contributed by atoms with Crippen LogP contribution in [-0.2, 0) is 21.5 Å². The highest BCUT2D eigenvalue weighted by molar-refractivity contribution is 8.18. The largest absolute Gasteiger partial charge is 0.376 e. The number of thioether (sulfide) groups is 1. The first-order valence-corrected chi connectivity index (χ1v) is 14.3. The molecule has 0 spiro atoms. The highest BCUT2D eigenvalue weighted by Gasteiger charge is 2.35. The van der Waals surface area contributed by atoms with E-state index in [1.807, 2.05) is 49.4 Å². The van der Waals surface area contributed by atoms with Gasteiger partial charge in [-0.1, -0.05) is 83.4 Å². The number of benzene rings is 4. The molecule has 4 aromatic rings. The van der Waals surface area contributed by atoms with Crippen molar-refractivity contribution in [2.45, 2.75) is 18.4 Å². The molecule has 5 rings (SSSR count). The summed E-state index contributed by atoms with van der Waals surface area (Å²) in [7, 11) is -4.17. The summed E-state index contributed by atoms with van der Waals surface area (Å²) in [6, 6.07) is 22.5. The van der Waals surface area contributed by atoms with Gasteiger partial charge in [0.2, 0.25) is 0 Å². The van der Waals surface area contributed by atoms with Crippen molar-refractivity contribution in [2.24, 2.45) is 0 Å². The Morgan fingerprint density at radius 1 is 0.921 bits per heavy atom. The number of amides is 2. The zero-order valence-electron chi connectivity index (χ0n) is 19.9. The predicted octanol–water partition coefficient (Wildman–Crippen LogP) is 7.46. The normalized spacial score (nSPS) is 15.0. The lowest BCUT2D eigenvalue weighted by atomic mass is 10.0. The monoisotopic (exact) mass is 583 g/mol. The van der Waals surface area contributed by atoms with Gasteiger partial charge in [-0.2, -0.15) is 8.42 Å². The van der Waals surface area contributed by atoms with Crippen LogP contribution in [0.25, 0.3) is 16.8 Å². The van der Waals surface area contributed by atoms with Crippen molar-refractivity contribution < 1.29 is 22.2 Å². The van der Waals surface area contributed by atoms with Crippen molar-refractivity contribution in [1.82, 2.24) is 4.90 Å². The predicted molar refractivity (Wildman–Crippen MR) is 151 cm³/mol. The zero-order valence-corrected chi connectivity index (χ0v) is 23.0. The smallest absolute Gasteiger partial charge is 0.339 e. The minimum absolute atomic E-state index is 0.0424. The number of imide groups is 1. The number of aryl methyl sites for hydroxylation is 1. The molecule has 1 saturated heterocycles. The molecule has 1 aliphatic rings. The van der Waals surface area contributed by atoms with Crippen molar-refractivity contribution in [1.29, 1.82) is 0 Å². The van der Waals surface area contributed by atoms with Gasteiger partial charge in [-0.3, -0.25) is 14.5 Å². The third-order valence-corrected chi connectivity index (χ3v) is 8.61. The Balaban J connectivity index is 1.38. The molecule has 4 aromatic carbocycles. The van der Waals surface area contributed by atoms with Crippen LogP contribution in [0.1, 0.15) is 16.7 Å². The van der Waals surface area contributed by atoms with Crippen LogP contribution < -0.4 is 4.18 Å². The fourth-order valence-corrected chi connectivity index (χ4v) is 6.47. The maximum Gasteiger partial charge on any atom is 0.339 e. The molecular formula is C28H19Cl2NO5S2. The fraction of sp³-hybridized carbons (Fsp3) is 0.0714. The molecule has 0 bridgehead atoms. The molecule has 0 aromatic heterocycles. The first kappa shape index (κ1) is 26.3. The highest BCUT2D eigenvalue weighted by Crippen LogP contribution is 2.39. The molecule has 0 atom stereocenters. The van der Waals surface area contributed by atoms with E-state index < -0.39 is 21.3 Å². The van der Waals surface area contributed by atoms with Gasteiger partial charge in [0, 0.05) is 0 Å². The molecule has 1 fully saturated rings. The third-order valence-electron chi connectivity index (χ3n) is 5.90. The van der Waals surface area contributed by atoms with E-state index in [4.69, 9.17) is 27.4 Å². The molecule has 0 unspecified atom stereocenters. The molecule has 192 valence electrons. The lowest BCUT2D eigenvalue weighted by Crippen LogP contribution is -2.27. The molecule has 0 saturated carbocycles. The van der Waals surface area contributed by atoms with Crippen molar-refractivity contribution in [3.8, 4) is 5.75 Å². The molecule has 1 heterocycles. The van der Waals surface area contributed by atoms with E-state index in [2.05, 4.69) is 0 Å². The van der Waals surface area contributed by atoms with Crippen molar-refractivity contribution >= 4 is 73.1 Å². The Bertz CT molecular complexity index is 1710. The van der Waals surface area contributed by atoms with Crippen molar-refractivity contribution in [3.05, 3.63) is 111 Å². The Morgan fingerprint density at radius 2 is 1.58 bits per heavy atom. The molecule has 0 N–H and O–H groups in total. The zero-order chi connectivity index (χ0) is 27.0. The Kier molecular flexibility index (Phi) is 7.24. The summed E-state index contributed by atoms with van der Waals surface area (Å²) in [6.45, 7) is 1.97. The molecule has 0 aliphatic carbocycles. The van der Waals surface area contributed by atoms with E-state index in [1.165, 1.54) is 35.2 Å². The second kappa shape index (κ2) is 10.5. The van der Waals surface area contributed by atoms with E-state index in [0.29, 0.717) is 5.56 Å². The molecule has 38 heavy (non-hydrogen) atoms. The molecule has 2 amide bonds. The number of fused-ring (bicyclic) bond motifs is 1. The van der Waals surface area contributed by atoms with Gasteiger partial charge in [-0.05, 0) is 70.9 Å². The van der Waals surface area contributed by atoms with E-state index in [-0.39, 0.29) is 32.1 Å². The van der Waals surface area contributed by atoms with Gasteiger partial charge < -0.3 is 4.18 Å². The van der Waals surface area contributed by atoms with E-state index >= 15 is 0 Å². The molecule has 6 nitrogen and oxygen atoms in total. The summed E-state index contributed by atoms with van der Waals surface area (Å²) >= 11 is 13.5. The van der Waals surface area contributed by atoms with Gasteiger partial charge in [0.15, 0.2) is 5.75 Å². The molecule has 10 heteroatoms. The maximum atomic E-state index is 13.1. The Morgan fingerprint density at radius 3 is 2.29 bits per heavy atom. The van der Waals surface area contributed by atoms with Crippen LogP contribution >= 0.6 is 35.0 Å². The van der Waals surface area contributed by atoms with E-state index in [1.54, 1.807) is 12.1 Å². The van der Waals surface area contributed by atoms with Crippen LogP contribution in [0, 0.1) is 6.92 Å². The number of halogens is 2. The van der Waals surface area contributed by atoms with Gasteiger partial charge in [0.05, 0.1) is 21.5 Å². The summed E-state index contributed by atoms with van der Waals surface area (Å²) in [5, 5.41) is 1.47. The SMILES string of the molecule is Cc1ccc(S(=O)(=O)Oc2c(Cl)cc(/C=C3\SC(=O)N(Cc4cccc5ccccc45)C3=O)cc2Cl)cc1. The van der Waals surface area contributed by atoms with Crippen molar-refractivity contribution in [3.63, 3.8) is 0 Å². The second-order valence-electron chi connectivity index (χ2n) is 8.57. The molecule has 1 aliphatic heterocycles. The number of rotatable bonds is 6. The van der Waals surface area contributed by atoms with Gasteiger partial charge in [0.25, 0.3) is 11.1 Å². The summed E-state index contributed by atoms with van der Waals surface area (Å²) in [5.74, 6) is -0.669. The van der Waals surface area contributed by atoms with Gasteiger partial charge in [-0.15, -0.1) is 0 Å². The number of hydrogen-bond donors (Lipinski definition) is 0. The van der Waals surface area contributed by atoms with E-state index in [9.17, 15) is 18.0 Å². The van der Waals surface area contributed by atoms with Crippen LogP contribution in [0.5, 0.6) is 5.75 Å². The average Bonchev–Trinajstić information content (AvgIpc) is 3.14. The van der Waals surface area contributed by atoms with Crippen LogP contribution in [0.3, 0.4) is 0 Å². The first-order chi connectivity index (χ1) is 18.1. The standard InChI is InChI=1S/C28H19Cl2NO5S2/c1-17-9-11-21(12-10-17)38(34,35)36-26-23(29)13-18(14-24(26)30)15-25-27(32)31(28(33)37-25)16-20-7-4-6-19-5-2-3-8-22(19)20/h2-15H,16H2,1H3/b25-15-. The van der Waals surface area contributed by atoms with Crippen LogP contribution in [0.2, 0.25) is 10.0 Å². The van der Waals surface area contributed by atoms with Crippen LogP contribution in [0.15, 0.2) is 88.7 Å². The van der Waals surface area contributed by atoms with Gasteiger partial charge >= 0.3 is 10.1 Å². The topological polar surface area (TPSA) is 80.8 Å². The van der Waals surface area contributed by atoms with Crippen molar-refractivity contribution in [2.75, 3.05) is 0 Å². The summed E-state index contributed by atoms with van der Waals surface area (Å²) in [6.07, 6.45) is 1.49. The number of carbonyl (C=O) groups is 2. The fourth-order valence-electron chi connectivity index (χ4n) is 3.99. The van der Waals surface area contributed by atoms with Gasteiger partial charge in [-0.25, -0.2) is 0 Å². The molecular weight excluding hydrogens is 565 g/mol. The average molecular weight is 585 g/mol. The lowest BCUT2D eigenvalue weighted by molar-refractivity contribution is -0.123. The summed E-state index contributed by atoms with van der Waals surface area (Å²) < 4.78 is 30.6. The van der Waals surface area contributed by atoms with Gasteiger partial charge in [0.1, 0.15) is 4.90 Å². The minimum atomic E-state index is -4.17. The third kappa shape index (κ3) is 5.31. The molecule has 0 radical (unpaired) electrons.